The summed E-state index contributed by atoms with van der Waals surface area (Å²) in [5.74, 6) is 1.43. The highest BCUT2D eigenvalue weighted by molar-refractivity contribution is 5.29. The third-order valence-electron chi connectivity index (χ3n) is 2.77. The molecular formula is C12H18N2. The van der Waals surface area contributed by atoms with Gasteiger partial charge in [-0.25, -0.2) is 9.97 Å². The average Bonchev–Trinajstić information content (AvgIpc) is 2.90. The summed E-state index contributed by atoms with van der Waals surface area (Å²) in [4.78, 5) is 8.74. The van der Waals surface area contributed by atoms with E-state index in [0.29, 0.717) is 5.92 Å². The first-order chi connectivity index (χ1) is 6.68. The first-order valence-corrected chi connectivity index (χ1v) is 5.49. The van der Waals surface area contributed by atoms with Crippen LogP contribution in [0.3, 0.4) is 0 Å². The van der Waals surface area contributed by atoms with Gasteiger partial charge in [-0.1, -0.05) is 13.8 Å². The number of aryl methyl sites for hydroxylation is 1. The second-order valence-electron chi connectivity index (χ2n) is 4.70. The van der Waals surface area contributed by atoms with E-state index in [9.17, 15) is 0 Å². The average molecular weight is 190 g/mol. The Morgan fingerprint density at radius 1 is 1.36 bits per heavy atom. The van der Waals surface area contributed by atoms with E-state index in [4.69, 9.17) is 0 Å². The van der Waals surface area contributed by atoms with Gasteiger partial charge in [0.15, 0.2) is 0 Å². The highest BCUT2D eigenvalue weighted by Crippen LogP contribution is 2.41. The molecule has 0 unspecified atom stereocenters. The maximum absolute atomic E-state index is 4.44. The van der Waals surface area contributed by atoms with E-state index in [1.165, 1.54) is 29.8 Å². The Labute approximate surface area is 85.8 Å². The second-order valence-corrected chi connectivity index (χ2v) is 4.70. The van der Waals surface area contributed by atoms with Crippen LogP contribution < -0.4 is 0 Å². The van der Waals surface area contributed by atoms with E-state index < -0.39 is 0 Å². The normalized spacial score (nSPS) is 16.3. The monoisotopic (exact) mass is 190 g/mol. The lowest BCUT2D eigenvalue weighted by Crippen LogP contribution is -2.05. The Kier molecular flexibility index (Phi) is 2.53. The molecule has 14 heavy (non-hydrogen) atoms. The molecule has 2 nitrogen and oxygen atoms in total. The van der Waals surface area contributed by atoms with Crippen molar-refractivity contribution in [3.05, 3.63) is 23.3 Å². The van der Waals surface area contributed by atoms with Crippen molar-refractivity contribution in [3.63, 3.8) is 0 Å². The van der Waals surface area contributed by atoms with Gasteiger partial charge >= 0.3 is 0 Å². The van der Waals surface area contributed by atoms with E-state index in [2.05, 4.69) is 30.7 Å². The van der Waals surface area contributed by atoms with Crippen molar-refractivity contribution in [2.45, 2.75) is 46.0 Å². The summed E-state index contributed by atoms with van der Waals surface area (Å²) in [6.07, 6.45) is 5.48. The number of nitrogens with zero attached hydrogens (tertiary/aromatic N) is 2. The largest absolute Gasteiger partial charge is 0.241 e. The Balaban J connectivity index is 2.32. The van der Waals surface area contributed by atoms with E-state index in [0.717, 1.165) is 12.3 Å². The highest BCUT2D eigenvalue weighted by Gasteiger charge is 2.28. The maximum Gasteiger partial charge on any atom is 0.115 e. The molecule has 1 fully saturated rings. The van der Waals surface area contributed by atoms with E-state index in [-0.39, 0.29) is 0 Å². The Hall–Kier alpha value is -0.920. The summed E-state index contributed by atoms with van der Waals surface area (Å²) >= 11 is 0. The highest BCUT2D eigenvalue weighted by atomic mass is 14.9. The number of hydrogen-bond acceptors (Lipinski definition) is 2. The van der Waals surface area contributed by atoms with Crippen molar-refractivity contribution >= 4 is 0 Å². The minimum absolute atomic E-state index is 0.692. The molecule has 0 aromatic carbocycles. The van der Waals surface area contributed by atoms with Crippen molar-refractivity contribution in [1.82, 2.24) is 9.97 Å². The maximum atomic E-state index is 4.44. The zero-order valence-electron chi connectivity index (χ0n) is 9.25. The third-order valence-corrected chi connectivity index (χ3v) is 2.77. The van der Waals surface area contributed by atoms with Crippen molar-refractivity contribution < 1.29 is 0 Å². The molecule has 0 radical (unpaired) electrons. The SMILES string of the molecule is Cc1ncnc(C2CC2)c1CC(C)C. The fraction of sp³-hybridized carbons (Fsp3) is 0.667. The first-order valence-electron chi connectivity index (χ1n) is 5.49. The fourth-order valence-corrected chi connectivity index (χ4v) is 1.89. The van der Waals surface area contributed by atoms with Gasteiger partial charge in [0, 0.05) is 11.6 Å². The van der Waals surface area contributed by atoms with Crippen molar-refractivity contribution in [2.75, 3.05) is 0 Å². The van der Waals surface area contributed by atoms with Crippen molar-refractivity contribution in [2.24, 2.45) is 5.92 Å². The van der Waals surface area contributed by atoms with Gasteiger partial charge in [0.05, 0.1) is 5.69 Å². The molecule has 1 aromatic rings. The molecule has 1 heterocycles. The van der Waals surface area contributed by atoms with E-state index >= 15 is 0 Å². The number of hydrogen-bond donors (Lipinski definition) is 0. The van der Waals surface area contributed by atoms with Gasteiger partial charge in [0.25, 0.3) is 0 Å². The van der Waals surface area contributed by atoms with Crippen LogP contribution in [-0.4, -0.2) is 9.97 Å². The summed E-state index contributed by atoms with van der Waals surface area (Å²) in [7, 11) is 0. The summed E-state index contributed by atoms with van der Waals surface area (Å²) in [6.45, 7) is 6.61. The molecule has 0 N–H and O–H groups in total. The van der Waals surface area contributed by atoms with Gasteiger partial charge in [0.1, 0.15) is 6.33 Å². The molecule has 1 aliphatic carbocycles. The van der Waals surface area contributed by atoms with Crippen LogP contribution in [0.15, 0.2) is 6.33 Å². The molecular weight excluding hydrogens is 172 g/mol. The molecule has 1 saturated carbocycles. The molecule has 1 aromatic heterocycles. The zero-order chi connectivity index (χ0) is 10.1. The third kappa shape index (κ3) is 1.94. The molecule has 76 valence electrons. The quantitative estimate of drug-likeness (QED) is 0.732. The fourth-order valence-electron chi connectivity index (χ4n) is 1.89. The van der Waals surface area contributed by atoms with Gasteiger partial charge in [-0.15, -0.1) is 0 Å². The molecule has 0 saturated heterocycles. The van der Waals surface area contributed by atoms with Gasteiger partial charge in [-0.3, -0.25) is 0 Å². The predicted molar refractivity (Wildman–Crippen MR) is 57.3 cm³/mol. The second kappa shape index (κ2) is 3.68. The van der Waals surface area contributed by atoms with Crippen LogP contribution in [0, 0.1) is 12.8 Å². The first kappa shape index (κ1) is 9.63. The van der Waals surface area contributed by atoms with Crippen LogP contribution in [0.2, 0.25) is 0 Å². The van der Waals surface area contributed by atoms with Crippen LogP contribution in [0.25, 0.3) is 0 Å². The Morgan fingerprint density at radius 2 is 2.07 bits per heavy atom. The lowest BCUT2D eigenvalue weighted by atomic mass is 9.98. The van der Waals surface area contributed by atoms with Crippen LogP contribution in [-0.2, 0) is 6.42 Å². The minimum atomic E-state index is 0.692. The Bertz CT molecular complexity index is 327. The molecule has 0 atom stereocenters. The number of rotatable bonds is 3. The summed E-state index contributed by atoms with van der Waals surface area (Å²) in [5, 5.41) is 0. The molecule has 0 amide bonds. The predicted octanol–water partition coefficient (Wildman–Crippen LogP) is 2.86. The summed E-state index contributed by atoms with van der Waals surface area (Å²) in [5.41, 5.74) is 3.91. The smallest absolute Gasteiger partial charge is 0.115 e. The van der Waals surface area contributed by atoms with Gasteiger partial charge in [-0.2, -0.15) is 0 Å². The molecule has 2 heteroatoms. The molecule has 2 rings (SSSR count). The molecule has 0 spiro atoms. The summed E-state index contributed by atoms with van der Waals surface area (Å²) < 4.78 is 0. The lowest BCUT2D eigenvalue weighted by molar-refractivity contribution is 0.633. The Morgan fingerprint density at radius 3 is 2.64 bits per heavy atom. The zero-order valence-corrected chi connectivity index (χ0v) is 9.25. The standard InChI is InChI=1S/C12H18N2/c1-8(2)6-11-9(3)13-7-14-12(11)10-4-5-10/h7-8,10H,4-6H2,1-3H3. The van der Waals surface area contributed by atoms with Crippen LogP contribution in [0.5, 0.6) is 0 Å². The molecule has 0 bridgehead atoms. The van der Waals surface area contributed by atoms with E-state index in [1.54, 1.807) is 6.33 Å². The van der Waals surface area contributed by atoms with Crippen LogP contribution in [0.4, 0.5) is 0 Å². The number of aromatic nitrogens is 2. The van der Waals surface area contributed by atoms with Gasteiger partial charge < -0.3 is 0 Å². The van der Waals surface area contributed by atoms with Crippen LogP contribution in [0.1, 0.15) is 49.6 Å². The molecule has 1 aliphatic rings. The van der Waals surface area contributed by atoms with Crippen molar-refractivity contribution in [3.8, 4) is 0 Å². The van der Waals surface area contributed by atoms with Gasteiger partial charge in [0.2, 0.25) is 0 Å². The van der Waals surface area contributed by atoms with Gasteiger partial charge in [-0.05, 0) is 37.7 Å². The van der Waals surface area contributed by atoms with E-state index in [1.807, 2.05) is 0 Å². The lowest BCUT2D eigenvalue weighted by Gasteiger charge is -2.11. The van der Waals surface area contributed by atoms with Crippen molar-refractivity contribution in [1.29, 1.82) is 0 Å². The topological polar surface area (TPSA) is 25.8 Å². The summed E-state index contributed by atoms with van der Waals surface area (Å²) in [6, 6.07) is 0. The molecule has 0 aliphatic heterocycles. The minimum Gasteiger partial charge on any atom is -0.241 e. The van der Waals surface area contributed by atoms with Crippen LogP contribution >= 0.6 is 0 Å².